The molecule has 14 heavy (non-hydrogen) atoms. The molecule has 2 saturated heterocycles. The van der Waals surface area contributed by atoms with Crippen molar-refractivity contribution < 1.29 is 0 Å². The van der Waals surface area contributed by atoms with Crippen LogP contribution in [0.3, 0.4) is 0 Å². The van der Waals surface area contributed by atoms with Crippen molar-refractivity contribution in [1.82, 2.24) is 10.2 Å². The van der Waals surface area contributed by atoms with Crippen molar-refractivity contribution in [2.75, 3.05) is 39.3 Å². The van der Waals surface area contributed by atoms with E-state index in [0.717, 1.165) is 13.1 Å². The van der Waals surface area contributed by atoms with Gasteiger partial charge in [0, 0.05) is 13.1 Å². The quantitative estimate of drug-likeness (QED) is 0.691. The molecule has 0 unspecified atom stereocenters. The normalized spacial score (nSPS) is 22.9. The Kier molecular flexibility index (Phi) is 7.01. The summed E-state index contributed by atoms with van der Waals surface area (Å²) in [4.78, 5) is 2.42. The van der Waals surface area contributed by atoms with E-state index >= 15 is 0 Å². The van der Waals surface area contributed by atoms with Crippen LogP contribution in [-0.2, 0) is 0 Å². The van der Waals surface area contributed by atoms with Crippen molar-refractivity contribution in [1.29, 1.82) is 0 Å². The molecule has 0 aliphatic carbocycles. The number of nitrogens with one attached hydrogen (secondary N) is 1. The average Bonchev–Trinajstić information content (AvgIpc) is 2.75. The molecule has 3 N–H and O–H groups in total. The molecule has 2 heterocycles. The summed E-state index contributed by atoms with van der Waals surface area (Å²) in [5, 5.41) is 3.28. The van der Waals surface area contributed by atoms with Crippen LogP contribution in [0, 0.1) is 0 Å². The molecule has 2 aliphatic rings. The van der Waals surface area contributed by atoms with E-state index < -0.39 is 0 Å². The zero-order valence-electron chi connectivity index (χ0n) is 9.30. The Morgan fingerprint density at radius 3 is 1.93 bits per heavy atom. The van der Waals surface area contributed by atoms with Crippen molar-refractivity contribution in [3.63, 3.8) is 0 Å². The van der Waals surface area contributed by atoms with E-state index in [1.807, 2.05) is 0 Å². The molecule has 0 aromatic heterocycles. The van der Waals surface area contributed by atoms with Crippen molar-refractivity contribution in [2.24, 2.45) is 5.73 Å². The van der Waals surface area contributed by atoms with E-state index in [0.29, 0.717) is 0 Å². The summed E-state index contributed by atoms with van der Waals surface area (Å²) in [5.41, 5.74) is 5.37. The molecule has 0 aromatic carbocycles. The van der Waals surface area contributed by atoms with Crippen LogP contribution in [0.1, 0.15) is 32.1 Å². The van der Waals surface area contributed by atoms with E-state index in [1.165, 1.54) is 58.3 Å². The van der Waals surface area contributed by atoms with Crippen LogP contribution in [0.25, 0.3) is 0 Å². The van der Waals surface area contributed by atoms with Crippen LogP contribution in [0.15, 0.2) is 0 Å². The van der Waals surface area contributed by atoms with Crippen LogP contribution < -0.4 is 11.1 Å². The first-order valence-corrected chi connectivity index (χ1v) is 6.06. The summed E-state index contributed by atoms with van der Waals surface area (Å²) >= 11 is 0. The maximum absolute atomic E-state index is 5.37. The Balaban J connectivity index is 0.000000146. The molecule has 2 rings (SSSR count). The summed E-state index contributed by atoms with van der Waals surface area (Å²) in [6.07, 6.45) is 6.97. The smallest absolute Gasteiger partial charge is 0.0105 e. The molecular weight excluding hydrogens is 174 g/mol. The second-order valence-corrected chi connectivity index (χ2v) is 4.15. The van der Waals surface area contributed by atoms with E-state index in [2.05, 4.69) is 10.2 Å². The first-order chi connectivity index (χ1) is 6.93. The standard InChI is InChI=1S/C6H14N2.C5H11N/c7-3-6-8-4-1-2-5-8;1-2-4-6-5-3-1/h1-7H2;6H,1-5H2. The number of hydrogen-bond acceptors (Lipinski definition) is 3. The molecule has 84 valence electrons. The average molecular weight is 199 g/mol. The van der Waals surface area contributed by atoms with Crippen LogP contribution in [-0.4, -0.2) is 44.2 Å². The van der Waals surface area contributed by atoms with E-state index in [9.17, 15) is 0 Å². The van der Waals surface area contributed by atoms with Crippen molar-refractivity contribution in [3.05, 3.63) is 0 Å². The van der Waals surface area contributed by atoms with Gasteiger partial charge in [-0.05, 0) is 51.9 Å². The highest BCUT2D eigenvalue weighted by Crippen LogP contribution is 2.04. The van der Waals surface area contributed by atoms with Gasteiger partial charge in [-0.15, -0.1) is 0 Å². The minimum atomic E-state index is 0.819. The molecule has 0 bridgehead atoms. The molecule has 0 radical (unpaired) electrons. The predicted octanol–water partition coefficient (Wildman–Crippen LogP) is 0.801. The lowest BCUT2D eigenvalue weighted by molar-refractivity contribution is 0.349. The van der Waals surface area contributed by atoms with Gasteiger partial charge in [-0.1, -0.05) is 6.42 Å². The zero-order chi connectivity index (χ0) is 10.1. The Bertz CT molecular complexity index is 106. The van der Waals surface area contributed by atoms with Gasteiger partial charge in [0.25, 0.3) is 0 Å². The highest BCUT2D eigenvalue weighted by Gasteiger charge is 2.08. The Morgan fingerprint density at radius 1 is 0.929 bits per heavy atom. The maximum Gasteiger partial charge on any atom is 0.0105 e. The van der Waals surface area contributed by atoms with Gasteiger partial charge in [-0.25, -0.2) is 0 Å². The van der Waals surface area contributed by atoms with E-state index in [4.69, 9.17) is 5.73 Å². The molecule has 0 atom stereocenters. The SMILES string of the molecule is C1CCNCC1.NCCN1CCCC1. The number of rotatable bonds is 2. The molecule has 0 aromatic rings. The minimum absolute atomic E-state index is 0.819. The van der Waals surface area contributed by atoms with Gasteiger partial charge in [0.1, 0.15) is 0 Å². The number of nitrogens with zero attached hydrogens (tertiary/aromatic N) is 1. The number of hydrogen-bond donors (Lipinski definition) is 2. The van der Waals surface area contributed by atoms with Gasteiger partial charge in [-0.2, -0.15) is 0 Å². The van der Waals surface area contributed by atoms with Crippen molar-refractivity contribution in [2.45, 2.75) is 32.1 Å². The van der Waals surface area contributed by atoms with Gasteiger partial charge in [0.15, 0.2) is 0 Å². The lowest BCUT2D eigenvalue weighted by Crippen LogP contribution is -2.26. The van der Waals surface area contributed by atoms with Crippen LogP contribution >= 0.6 is 0 Å². The zero-order valence-corrected chi connectivity index (χ0v) is 9.30. The summed E-state index contributed by atoms with van der Waals surface area (Å²) in [6, 6.07) is 0. The number of likely N-dealkylation sites (tertiary alicyclic amines) is 1. The van der Waals surface area contributed by atoms with Crippen molar-refractivity contribution >= 4 is 0 Å². The van der Waals surface area contributed by atoms with Gasteiger partial charge in [0.05, 0.1) is 0 Å². The largest absolute Gasteiger partial charge is 0.329 e. The number of nitrogens with two attached hydrogens (primary N) is 1. The fourth-order valence-electron chi connectivity index (χ4n) is 1.99. The Hall–Kier alpha value is -0.120. The molecule has 3 nitrogen and oxygen atoms in total. The van der Waals surface area contributed by atoms with Crippen molar-refractivity contribution in [3.8, 4) is 0 Å². The third-order valence-corrected chi connectivity index (χ3v) is 2.85. The van der Waals surface area contributed by atoms with Crippen LogP contribution in [0.2, 0.25) is 0 Å². The Morgan fingerprint density at radius 2 is 1.57 bits per heavy atom. The summed E-state index contributed by atoms with van der Waals surface area (Å²) in [6.45, 7) is 6.97. The highest BCUT2D eigenvalue weighted by atomic mass is 15.1. The van der Waals surface area contributed by atoms with Gasteiger partial charge in [-0.3, -0.25) is 0 Å². The highest BCUT2D eigenvalue weighted by molar-refractivity contribution is 4.65. The molecule has 2 fully saturated rings. The van der Waals surface area contributed by atoms with E-state index in [-0.39, 0.29) is 0 Å². The summed E-state index contributed by atoms with van der Waals surface area (Å²) in [5.74, 6) is 0. The fourth-order valence-corrected chi connectivity index (χ4v) is 1.99. The molecule has 0 amide bonds. The molecular formula is C11H25N3. The lowest BCUT2D eigenvalue weighted by atomic mass is 10.2. The minimum Gasteiger partial charge on any atom is -0.329 e. The lowest BCUT2D eigenvalue weighted by Gasteiger charge is -2.11. The molecule has 2 aliphatic heterocycles. The second-order valence-electron chi connectivity index (χ2n) is 4.15. The fraction of sp³-hybridized carbons (Fsp3) is 1.00. The first kappa shape index (κ1) is 12.0. The van der Waals surface area contributed by atoms with Gasteiger partial charge < -0.3 is 16.0 Å². The molecule has 3 heteroatoms. The molecule has 0 saturated carbocycles. The number of piperidine rings is 1. The third-order valence-electron chi connectivity index (χ3n) is 2.85. The molecule has 0 spiro atoms. The summed E-state index contributed by atoms with van der Waals surface area (Å²) in [7, 11) is 0. The topological polar surface area (TPSA) is 41.3 Å². The van der Waals surface area contributed by atoms with Crippen LogP contribution in [0.5, 0.6) is 0 Å². The first-order valence-electron chi connectivity index (χ1n) is 6.06. The van der Waals surface area contributed by atoms with Gasteiger partial charge in [0.2, 0.25) is 0 Å². The van der Waals surface area contributed by atoms with Crippen LogP contribution in [0.4, 0.5) is 0 Å². The van der Waals surface area contributed by atoms with E-state index in [1.54, 1.807) is 0 Å². The van der Waals surface area contributed by atoms with Gasteiger partial charge >= 0.3 is 0 Å². The third kappa shape index (κ3) is 5.58. The second kappa shape index (κ2) is 8.21. The Labute approximate surface area is 88.0 Å². The summed E-state index contributed by atoms with van der Waals surface area (Å²) < 4.78 is 0. The maximum atomic E-state index is 5.37. The monoisotopic (exact) mass is 199 g/mol. The predicted molar refractivity (Wildman–Crippen MR) is 61.4 cm³/mol.